The highest BCUT2D eigenvalue weighted by Gasteiger charge is 2.08. The summed E-state index contributed by atoms with van der Waals surface area (Å²) in [4.78, 5) is 11.9. The van der Waals surface area contributed by atoms with E-state index in [4.69, 9.17) is 10.9 Å². The maximum Gasteiger partial charge on any atom is 0.255 e. The van der Waals surface area contributed by atoms with Crippen molar-refractivity contribution >= 4 is 11.6 Å². The van der Waals surface area contributed by atoms with Crippen LogP contribution < -0.4 is 16.5 Å². The summed E-state index contributed by atoms with van der Waals surface area (Å²) >= 11 is 0. The van der Waals surface area contributed by atoms with Gasteiger partial charge in [-0.3, -0.25) is 4.79 Å². The van der Waals surface area contributed by atoms with Gasteiger partial charge in [0.1, 0.15) is 5.82 Å². The summed E-state index contributed by atoms with van der Waals surface area (Å²) in [6.07, 6.45) is 0. The van der Waals surface area contributed by atoms with Gasteiger partial charge in [-0.1, -0.05) is 24.3 Å². The Hall–Kier alpha value is -2.28. The number of nitrogens with one attached hydrogen (secondary N) is 2. The van der Waals surface area contributed by atoms with E-state index in [9.17, 15) is 9.18 Å². The first kappa shape index (κ1) is 16.8. The third-order valence-electron chi connectivity index (χ3n) is 2.57. The molecule has 0 saturated carbocycles. The normalized spacial score (nSPS) is 9.52. The molecule has 0 fully saturated rings. The maximum atomic E-state index is 13.4. The van der Waals surface area contributed by atoms with Crippen molar-refractivity contribution in [1.82, 2.24) is 5.48 Å². The van der Waals surface area contributed by atoms with Crippen LogP contribution >= 0.6 is 0 Å². The highest BCUT2D eigenvalue weighted by molar-refractivity contribution is 6.04. The van der Waals surface area contributed by atoms with E-state index in [2.05, 4.69) is 5.32 Å². The number of para-hydroxylation sites is 1. The Labute approximate surface area is 122 Å². The fourth-order valence-electron chi connectivity index (χ4n) is 1.55. The summed E-state index contributed by atoms with van der Waals surface area (Å²) in [5, 5.41) is 9.84. The summed E-state index contributed by atoms with van der Waals surface area (Å²) in [5.74, 6) is -0.798. The van der Waals surface area contributed by atoms with Crippen molar-refractivity contribution < 1.29 is 14.4 Å². The molecule has 0 aromatic heterocycles. The van der Waals surface area contributed by atoms with Crippen molar-refractivity contribution in [2.24, 2.45) is 5.73 Å². The summed E-state index contributed by atoms with van der Waals surface area (Å²) in [5.41, 5.74) is 8.80. The van der Waals surface area contributed by atoms with Gasteiger partial charge in [-0.2, -0.15) is 0 Å². The molecule has 112 valence electrons. The number of hydrogen-bond acceptors (Lipinski definition) is 4. The molecule has 5 N–H and O–H groups in total. The Morgan fingerprint density at radius 2 is 1.76 bits per heavy atom. The van der Waals surface area contributed by atoms with Crippen LogP contribution in [0.1, 0.15) is 15.9 Å². The van der Waals surface area contributed by atoms with Gasteiger partial charge in [-0.05, 0) is 29.8 Å². The highest BCUT2D eigenvalue weighted by Crippen LogP contribution is 2.14. The zero-order chi connectivity index (χ0) is 15.7. The van der Waals surface area contributed by atoms with Crippen molar-refractivity contribution in [3.63, 3.8) is 0 Å². The first-order valence-electron chi connectivity index (χ1n) is 6.28. The molecular formula is C15H18FN3O2. The van der Waals surface area contributed by atoms with Crippen molar-refractivity contribution in [3.05, 3.63) is 65.5 Å². The average molecular weight is 291 g/mol. The average Bonchev–Trinajstić information content (AvgIpc) is 2.50. The molecule has 0 atom stereocenters. The lowest BCUT2D eigenvalue weighted by atomic mass is 10.1. The van der Waals surface area contributed by atoms with Crippen LogP contribution in [0.3, 0.4) is 0 Å². The Bertz CT molecular complexity index is 573. The van der Waals surface area contributed by atoms with Gasteiger partial charge in [0.2, 0.25) is 0 Å². The quantitative estimate of drug-likeness (QED) is 0.652. The summed E-state index contributed by atoms with van der Waals surface area (Å²) < 4.78 is 13.4. The standard InChI is InChI=1S/C14H13FN2O.CH5NO/c15-12-3-1-2-4-13(12)17-14(18)11-7-5-10(9-16)6-8-11;1-2-3/h1-8H,9,16H2,(H,17,18);2-3H,1H3. The first-order valence-corrected chi connectivity index (χ1v) is 6.28. The van der Waals surface area contributed by atoms with Crippen LogP contribution in [-0.4, -0.2) is 18.2 Å². The molecule has 0 saturated heterocycles. The molecule has 1 amide bonds. The highest BCUT2D eigenvalue weighted by atomic mass is 19.1. The molecule has 0 spiro atoms. The van der Waals surface area contributed by atoms with E-state index >= 15 is 0 Å². The minimum atomic E-state index is -0.454. The van der Waals surface area contributed by atoms with E-state index < -0.39 is 5.82 Å². The number of hydroxylamine groups is 1. The van der Waals surface area contributed by atoms with E-state index in [-0.39, 0.29) is 11.6 Å². The Morgan fingerprint density at radius 1 is 1.19 bits per heavy atom. The van der Waals surface area contributed by atoms with Gasteiger partial charge in [0.05, 0.1) is 5.69 Å². The van der Waals surface area contributed by atoms with Gasteiger partial charge in [-0.15, -0.1) is 0 Å². The number of halogens is 1. The molecule has 21 heavy (non-hydrogen) atoms. The third-order valence-corrected chi connectivity index (χ3v) is 2.57. The molecule has 0 heterocycles. The van der Waals surface area contributed by atoms with Crippen LogP contribution in [0.25, 0.3) is 0 Å². The largest absolute Gasteiger partial charge is 0.326 e. The minimum Gasteiger partial charge on any atom is -0.326 e. The molecule has 2 aromatic rings. The summed E-state index contributed by atoms with van der Waals surface area (Å²) in [6.45, 7) is 0.426. The van der Waals surface area contributed by atoms with E-state index in [0.717, 1.165) is 5.56 Å². The van der Waals surface area contributed by atoms with Gasteiger partial charge in [0.15, 0.2) is 0 Å². The fourth-order valence-corrected chi connectivity index (χ4v) is 1.55. The van der Waals surface area contributed by atoms with Crippen LogP contribution in [0.5, 0.6) is 0 Å². The van der Waals surface area contributed by atoms with Gasteiger partial charge >= 0.3 is 0 Å². The molecule has 0 aliphatic carbocycles. The topological polar surface area (TPSA) is 87.4 Å². The van der Waals surface area contributed by atoms with Crippen molar-refractivity contribution in [2.75, 3.05) is 12.4 Å². The number of anilines is 1. The number of carbonyl (C=O) groups is 1. The van der Waals surface area contributed by atoms with Crippen molar-refractivity contribution in [3.8, 4) is 0 Å². The second-order valence-corrected chi connectivity index (χ2v) is 4.06. The molecule has 0 aliphatic rings. The number of rotatable bonds is 3. The number of carbonyl (C=O) groups excluding carboxylic acids is 1. The van der Waals surface area contributed by atoms with E-state index in [0.29, 0.717) is 12.1 Å². The predicted molar refractivity (Wildman–Crippen MR) is 79.5 cm³/mol. The third kappa shape index (κ3) is 5.31. The molecular weight excluding hydrogens is 273 g/mol. The van der Waals surface area contributed by atoms with Crippen molar-refractivity contribution in [2.45, 2.75) is 6.54 Å². The smallest absolute Gasteiger partial charge is 0.255 e. The second kappa shape index (κ2) is 8.80. The molecule has 5 nitrogen and oxygen atoms in total. The van der Waals surface area contributed by atoms with Crippen LogP contribution in [0.15, 0.2) is 48.5 Å². The summed E-state index contributed by atoms with van der Waals surface area (Å²) in [6, 6.07) is 12.9. The van der Waals surface area contributed by atoms with Crippen molar-refractivity contribution in [1.29, 1.82) is 0 Å². The van der Waals surface area contributed by atoms with Gasteiger partial charge in [0.25, 0.3) is 5.91 Å². The van der Waals surface area contributed by atoms with E-state index in [1.54, 1.807) is 41.9 Å². The molecule has 0 bridgehead atoms. The predicted octanol–water partition coefficient (Wildman–Crippen LogP) is 2.13. The molecule has 2 aromatic carbocycles. The lowest BCUT2D eigenvalue weighted by Crippen LogP contribution is -2.13. The Kier molecular flexibility index (Phi) is 7.03. The number of amides is 1. The Morgan fingerprint density at radius 3 is 2.29 bits per heavy atom. The lowest BCUT2D eigenvalue weighted by Gasteiger charge is -2.06. The number of nitrogens with two attached hydrogens (primary N) is 1. The minimum absolute atomic E-state index is 0.172. The SMILES string of the molecule is CNO.NCc1ccc(C(=O)Nc2ccccc2F)cc1. The van der Waals surface area contributed by atoms with Crippen LogP contribution in [0.4, 0.5) is 10.1 Å². The number of hydrogen-bond donors (Lipinski definition) is 4. The van der Waals surface area contributed by atoms with E-state index in [1.165, 1.54) is 19.2 Å². The summed E-state index contributed by atoms with van der Waals surface area (Å²) in [7, 11) is 1.43. The molecule has 0 radical (unpaired) electrons. The van der Waals surface area contributed by atoms with Crippen LogP contribution in [0, 0.1) is 5.82 Å². The molecule has 2 rings (SSSR count). The molecule has 0 aliphatic heterocycles. The lowest BCUT2D eigenvalue weighted by molar-refractivity contribution is 0.102. The van der Waals surface area contributed by atoms with Gasteiger partial charge in [-0.25, -0.2) is 9.87 Å². The van der Waals surface area contributed by atoms with Gasteiger partial charge in [0, 0.05) is 19.2 Å². The molecule has 0 unspecified atom stereocenters. The second-order valence-electron chi connectivity index (χ2n) is 4.06. The van der Waals surface area contributed by atoms with Crippen LogP contribution in [-0.2, 0) is 6.54 Å². The first-order chi connectivity index (χ1) is 10.1. The van der Waals surface area contributed by atoms with Gasteiger partial charge < -0.3 is 16.3 Å². The van der Waals surface area contributed by atoms with E-state index in [1.807, 2.05) is 0 Å². The molecule has 6 heteroatoms. The monoisotopic (exact) mass is 291 g/mol. The zero-order valence-corrected chi connectivity index (χ0v) is 11.6. The number of benzene rings is 2. The fraction of sp³-hybridized carbons (Fsp3) is 0.133. The Balaban J connectivity index is 0.000000677. The zero-order valence-electron chi connectivity index (χ0n) is 11.6. The maximum absolute atomic E-state index is 13.4. The van der Waals surface area contributed by atoms with Crippen LogP contribution in [0.2, 0.25) is 0 Å².